The van der Waals surface area contributed by atoms with Crippen molar-refractivity contribution < 1.29 is 13.9 Å². The summed E-state index contributed by atoms with van der Waals surface area (Å²) in [7, 11) is 0. The van der Waals surface area contributed by atoms with E-state index in [0.29, 0.717) is 12.5 Å². The molecule has 3 atom stereocenters. The van der Waals surface area contributed by atoms with Crippen molar-refractivity contribution in [3.05, 3.63) is 24.2 Å². The van der Waals surface area contributed by atoms with Crippen molar-refractivity contribution in [3.8, 4) is 0 Å². The molecule has 1 aromatic rings. The molecule has 1 fully saturated rings. The van der Waals surface area contributed by atoms with E-state index in [9.17, 15) is 0 Å². The molecule has 1 aromatic heterocycles. The molecule has 0 bridgehead atoms. The van der Waals surface area contributed by atoms with Gasteiger partial charge in [0.15, 0.2) is 0 Å². The number of ether oxygens (including phenoxy) is 2. The summed E-state index contributed by atoms with van der Waals surface area (Å²) in [5, 5.41) is 0. The van der Waals surface area contributed by atoms with Crippen LogP contribution in [-0.4, -0.2) is 25.9 Å². The lowest BCUT2D eigenvalue weighted by atomic mass is 10.1. The van der Waals surface area contributed by atoms with Crippen LogP contribution < -0.4 is 5.73 Å². The first-order valence-corrected chi connectivity index (χ1v) is 6.29. The number of nitrogens with two attached hydrogens (primary N) is 1. The molecule has 2 heterocycles. The second-order valence-electron chi connectivity index (χ2n) is 4.57. The highest BCUT2D eigenvalue weighted by molar-refractivity contribution is 5.05. The van der Waals surface area contributed by atoms with Crippen molar-refractivity contribution in [1.29, 1.82) is 0 Å². The molecular weight excluding hydrogens is 218 g/mol. The van der Waals surface area contributed by atoms with E-state index in [1.807, 2.05) is 12.1 Å². The first-order chi connectivity index (χ1) is 8.31. The van der Waals surface area contributed by atoms with Gasteiger partial charge in [-0.05, 0) is 25.0 Å². The molecule has 0 radical (unpaired) electrons. The number of hydrogen-bond acceptors (Lipinski definition) is 4. The molecule has 0 amide bonds. The number of hydrogen-bond donors (Lipinski definition) is 1. The van der Waals surface area contributed by atoms with Gasteiger partial charge >= 0.3 is 0 Å². The summed E-state index contributed by atoms with van der Waals surface area (Å²) in [4.78, 5) is 0. The van der Waals surface area contributed by atoms with Crippen LogP contribution in [0.5, 0.6) is 0 Å². The topological polar surface area (TPSA) is 57.6 Å². The van der Waals surface area contributed by atoms with Gasteiger partial charge in [0, 0.05) is 18.6 Å². The van der Waals surface area contributed by atoms with Gasteiger partial charge in [0.2, 0.25) is 0 Å². The van der Waals surface area contributed by atoms with Crippen molar-refractivity contribution in [2.75, 3.05) is 19.8 Å². The lowest BCUT2D eigenvalue weighted by Gasteiger charge is -2.22. The molecule has 4 heteroatoms. The van der Waals surface area contributed by atoms with Crippen LogP contribution in [0.1, 0.15) is 31.6 Å². The van der Waals surface area contributed by atoms with E-state index < -0.39 is 0 Å². The molecule has 0 aliphatic carbocycles. The normalized spacial score (nSPS) is 23.8. The SMILES string of the molecule is CCC(N)C(OCC1CCOC1)c1ccco1. The summed E-state index contributed by atoms with van der Waals surface area (Å²) in [5.41, 5.74) is 6.08. The van der Waals surface area contributed by atoms with E-state index in [2.05, 4.69) is 6.92 Å². The Balaban J connectivity index is 1.91. The molecule has 1 saturated heterocycles. The maximum absolute atomic E-state index is 6.08. The van der Waals surface area contributed by atoms with Gasteiger partial charge in [-0.3, -0.25) is 0 Å². The van der Waals surface area contributed by atoms with Crippen LogP contribution in [0.3, 0.4) is 0 Å². The molecule has 17 heavy (non-hydrogen) atoms. The number of rotatable bonds is 6. The third-order valence-corrected chi connectivity index (χ3v) is 3.22. The Morgan fingerprint density at radius 3 is 3.06 bits per heavy atom. The van der Waals surface area contributed by atoms with Crippen molar-refractivity contribution in [2.24, 2.45) is 11.7 Å². The van der Waals surface area contributed by atoms with Gasteiger partial charge in [0.05, 0.1) is 19.5 Å². The molecular formula is C13H21NO3. The quantitative estimate of drug-likeness (QED) is 0.826. The molecule has 96 valence electrons. The summed E-state index contributed by atoms with van der Waals surface area (Å²) < 4.78 is 16.7. The fraction of sp³-hybridized carbons (Fsp3) is 0.692. The van der Waals surface area contributed by atoms with E-state index in [-0.39, 0.29) is 12.1 Å². The Bertz CT molecular complexity index is 306. The summed E-state index contributed by atoms with van der Waals surface area (Å²) in [6.07, 6.45) is 3.46. The van der Waals surface area contributed by atoms with Gasteiger partial charge in [0.1, 0.15) is 11.9 Å². The highest BCUT2D eigenvalue weighted by atomic mass is 16.5. The van der Waals surface area contributed by atoms with Crippen LogP contribution in [0.15, 0.2) is 22.8 Å². The minimum atomic E-state index is -0.143. The lowest BCUT2D eigenvalue weighted by molar-refractivity contribution is -0.00246. The fourth-order valence-electron chi connectivity index (χ4n) is 2.04. The highest BCUT2D eigenvalue weighted by Gasteiger charge is 2.24. The molecule has 4 nitrogen and oxygen atoms in total. The summed E-state index contributed by atoms with van der Waals surface area (Å²) >= 11 is 0. The van der Waals surface area contributed by atoms with E-state index in [1.165, 1.54) is 0 Å². The van der Waals surface area contributed by atoms with Crippen LogP contribution in [0.25, 0.3) is 0 Å². The Hall–Kier alpha value is -0.840. The molecule has 3 unspecified atom stereocenters. The van der Waals surface area contributed by atoms with Gasteiger partial charge in [0.25, 0.3) is 0 Å². The monoisotopic (exact) mass is 239 g/mol. The van der Waals surface area contributed by atoms with Crippen LogP contribution in [0.4, 0.5) is 0 Å². The minimum Gasteiger partial charge on any atom is -0.467 e. The summed E-state index contributed by atoms with van der Waals surface area (Å²) in [5.74, 6) is 1.31. The molecule has 1 aliphatic heterocycles. The zero-order chi connectivity index (χ0) is 12.1. The smallest absolute Gasteiger partial charge is 0.134 e. The van der Waals surface area contributed by atoms with Gasteiger partial charge in [-0.2, -0.15) is 0 Å². The molecule has 0 spiro atoms. The lowest BCUT2D eigenvalue weighted by Crippen LogP contribution is -2.30. The van der Waals surface area contributed by atoms with Crippen LogP contribution >= 0.6 is 0 Å². The van der Waals surface area contributed by atoms with Crippen molar-refractivity contribution in [1.82, 2.24) is 0 Å². The Kier molecular flexibility index (Phi) is 4.59. The number of furan rings is 1. The van der Waals surface area contributed by atoms with E-state index in [4.69, 9.17) is 19.6 Å². The first kappa shape index (κ1) is 12.6. The first-order valence-electron chi connectivity index (χ1n) is 6.29. The van der Waals surface area contributed by atoms with Crippen molar-refractivity contribution >= 4 is 0 Å². The Morgan fingerprint density at radius 1 is 1.59 bits per heavy atom. The third-order valence-electron chi connectivity index (χ3n) is 3.22. The predicted octanol–water partition coefficient (Wildman–Crippen LogP) is 2.11. The third kappa shape index (κ3) is 3.31. The largest absolute Gasteiger partial charge is 0.467 e. The molecule has 0 saturated carbocycles. The fourth-order valence-corrected chi connectivity index (χ4v) is 2.04. The van der Waals surface area contributed by atoms with Crippen molar-refractivity contribution in [2.45, 2.75) is 31.9 Å². The second kappa shape index (κ2) is 6.19. The molecule has 2 rings (SSSR count). The van der Waals surface area contributed by atoms with Crippen LogP contribution in [-0.2, 0) is 9.47 Å². The van der Waals surface area contributed by atoms with Crippen LogP contribution in [0, 0.1) is 5.92 Å². The Morgan fingerprint density at radius 2 is 2.47 bits per heavy atom. The second-order valence-corrected chi connectivity index (χ2v) is 4.57. The zero-order valence-corrected chi connectivity index (χ0v) is 10.3. The van der Waals surface area contributed by atoms with Gasteiger partial charge in [-0.1, -0.05) is 6.92 Å². The molecule has 0 aromatic carbocycles. The van der Waals surface area contributed by atoms with Gasteiger partial charge in [-0.15, -0.1) is 0 Å². The maximum Gasteiger partial charge on any atom is 0.134 e. The van der Waals surface area contributed by atoms with E-state index >= 15 is 0 Å². The maximum atomic E-state index is 6.08. The average Bonchev–Trinajstić information content (AvgIpc) is 3.01. The Labute approximate surface area is 102 Å². The van der Waals surface area contributed by atoms with Gasteiger partial charge in [-0.25, -0.2) is 0 Å². The summed E-state index contributed by atoms with van der Waals surface area (Å²) in [6.45, 7) is 4.40. The standard InChI is InChI=1S/C13H21NO3/c1-2-11(14)13(12-4-3-6-16-12)17-9-10-5-7-15-8-10/h3-4,6,10-11,13H,2,5,7-9,14H2,1H3. The van der Waals surface area contributed by atoms with Crippen molar-refractivity contribution in [3.63, 3.8) is 0 Å². The molecule has 2 N–H and O–H groups in total. The predicted molar refractivity (Wildman–Crippen MR) is 64.6 cm³/mol. The molecule has 1 aliphatic rings. The van der Waals surface area contributed by atoms with Gasteiger partial charge < -0.3 is 19.6 Å². The minimum absolute atomic E-state index is 0.0246. The van der Waals surface area contributed by atoms with Crippen LogP contribution in [0.2, 0.25) is 0 Å². The zero-order valence-electron chi connectivity index (χ0n) is 10.3. The van der Waals surface area contributed by atoms with E-state index in [1.54, 1.807) is 6.26 Å². The summed E-state index contributed by atoms with van der Waals surface area (Å²) in [6, 6.07) is 3.77. The highest BCUT2D eigenvalue weighted by Crippen LogP contribution is 2.24. The van der Waals surface area contributed by atoms with E-state index in [0.717, 1.165) is 31.8 Å². The average molecular weight is 239 g/mol.